The van der Waals surface area contributed by atoms with Gasteiger partial charge in [-0.1, -0.05) is 29.8 Å². The van der Waals surface area contributed by atoms with Crippen LogP contribution in [0.2, 0.25) is 0 Å². The fourth-order valence-electron chi connectivity index (χ4n) is 2.31. The molecule has 8 heteroatoms. The molecule has 1 N–H and O–H groups in total. The first kappa shape index (κ1) is 18.4. The number of nitrogens with zero attached hydrogens (tertiary/aromatic N) is 1. The Morgan fingerprint density at radius 3 is 2.61 bits per heavy atom. The van der Waals surface area contributed by atoms with Gasteiger partial charge in [0.15, 0.2) is 0 Å². The number of hydrogen-bond acceptors (Lipinski definition) is 4. The van der Waals surface area contributed by atoms with Crippen LogP contribution >= 0.6 is 15.9 Å². The number of carbonyl (C=O) groups is 1. The molecule has 0 unspecified atom stereocenters. The first-order valence-corrected chi connectivity index (χ1v) is 9.71. The fraction of sp³-hybridized carbons (Fsp3) is 0.533. The van der Waals surface area contributed by atoms with Gasteiger partial charge in [0.2, 0.25) is 15.9 Å². The normalized spacial score (nSPS) is 16.5. The third-order valence-electron chi connectivity index (χ3n) is 3.40. The van der Waals surface area contributed by atoms with Crippen LogP contribution < -0.4 is 5.32 Å². The van der Waals surface area contributed by atoms with Crippen LogP contribution in [0.5, 0.6) is 0 Å². The van der Waals surface area contributed by atoms with Crippen LogP contribution in [-0.2, 0) is 19.6 Å². The van der Waals surface area contributed by atoms with Crippen LogP contribution in [0.15, 0.2) is 27.6 Å². The predicted molar refractivity (Wildman–Crippen MR) is 91.8 cm³/mol. The second-order valence-electron chi connectivity index (χ2n) is 5.80. The highest BCUT2D eigenvalue weighted by atomic mass is 79.9. The second kappa shape index (κ2) is 7.74. The molecule has 1 saturated heterocycles. The quantitative estimate of drug-likeness (QED) is 0.817. The number of ether oxygens (including phenoxy) is 1. The molecule has 0 atom stereocenters. The number of benzene rings is 1. The van der Waals surface area contributed by atoms with E-state index in [9.17, 15) is 13.2 Å². The molecule has 0 aliphatic carbocycles. The highest BCUT2D eigenvalue weighted by molar-refractivity contribution is 9.10. The van der Waals surface area contributed by atoms with Crippen molar-refractivity contribution in [3.05, 3.63) is 22.7 Å². The van der Waals surface area contributed by atoms with Gasteiger partial charge in [0.05, 0.1) is 18.9 Å². The van der Waals surface area contributed by atoms with Crippen molar-refractivity contribution >= 4 is 37.5 Å². The molecule has 0 radical (unpaired) electrons. The third-order valence-corrected chi connectivity index (χ3v) is 5.83. The van der Waals surface area contributed by atoms with Gasteiger partial charge in [-0.15, -0.1) is 0 Å². The summed E-state index contributed by atoms with van der Waals surface area (Å²) in [5, 5.41) is 2.72. The van der Waals surface area contributed by atoms with Gasteiger partial charge in [0, 0.05) is 24.0 Å². The summed E-state index contributed by atoms with van der Waals surface area (Å²) in [7, 11) is -3.68. The highest BCUT2D eigenvalue weighted by Crippen LogP contribution is 2.29. The van der Waals surface area contributed by atoms with Crippen molar-refractivity contribution in [2.75, 3.05) is 31.6 Å². The molecule has 1 aliphatic heterocycles. The lowest BCUT2D eigenvalue weighted by Crippen LogP contribution is -2.40. The summed E-state index contributed by atoms with van der Waals surface area (Å²) in [6.07, 6.45) is 0.340. The molecule has 23 heavy (non-hydrogen) atoms. The molecule has 0 bridgehead atoms. The summed E-state index contributed by atoms with van der Waals surface area (Å²) in [4.78, 5) is 12.1. The lowest BCUT2D eigenvalue weighted by atomic mass is 10.1. The molecule has 1 aliphatic rings. The first-order chi connectivity index (χ1) is 10.8. The number of halogens is 1. The predicted octanol–water partition coefficient (Wildman–Crippen LogP) is 2.45. The lowest BCUT2D eigenvalue weighted by Gasteiger charge is -2.27. The van der Waals surface area contributed by atoms with Gasteiger partial charge >= 0.3 is 0 Å². The molecule has 0 aromatic heterocycles. The maximum Gasteiger partial charge on any atom is 0.245 e. The molecule has 1 fully saturated rings. The van der Waals surface area contributed by atoms with Crippen molar-refractivity contribution in [2.24, 2.45) is 5.92 Å². The minimum atomic E-state index is -3.68. The number of hydrogen-bond donors (Lipinski definition) is 1. The minimum absolute atomic E-state index is 0.103. The average Bonchev–Trinajstić information content (AvgIpc) is 2.49. The van der Waals surface area contributed by atoms with Gasteiger partial charge in [-0.3, -0.25) is 4.79 Å². The average molecular weight is 405 g/mol. The topological polar surface area (TPSA) is 75.7 Å². The van der Waals surface area contributed by atoms with Crippen LogP contribution in [0.25, 0.3) is 0 Å². The molecular weight excluding hydrogens is 384 g/mol. The Morgan fingerprint density at radius 2 is 2.00 bits per heavy atom. The van der Waals surface area contributed by atoms with Gasteiger partial charge < -0.3 is 10.1 Å². The molecule has 1 aromatic rings. The van der Waals surface area contributed by atoms with Crippen molar-refractivity contribution in [3.63, 3.8) is 0 Å². The van der Waals surface area contributed by atoms with E-state index >= 15 is 0 Å². The van der Waals surface area contributed by atoms with E-state index in [0.29, 0.717) is 42.9 Å². The lowest BCUT2D eigenvalue weighted by molar-refractivity contribution is -0.116. The smallest absolute Gasteiger partial charge is 0.245 e. The second-order valence-corrected chi connectivity index (χ2v) is 8.63. The van der Waals surface area contributed by atoms with Crippen molar-refractivity contribution in [1.29, 1.82) is 0 Å². The van der Waals surface area contributed by atoms with E-state index in [1.54, 1.807) is 12.1 Å². The Morgan fingerprint density at radius 1 is 1.35 bits per heavy atom. The summed E-state index contributed by atoms with van der Waals surface area (Å²) in [5.41, 5.74) is 0.311. The maximum atomic E-state index is 12.9. The van der Waals surface area contributed by atoms with E-state index in [0.717, 1.165) is 0 Å². The van der Waals surface area contributed by atoms with Gasteiger partial charge in [-0.25, -0.2) is 8.42 Å². The Kier molecular flexibility index (Phi) is 6.19. The molecule has 1 amide bonds. The summed E-state index contributed by atoms with van der Waals surface area (Å²) < 4.78 is 33.0. The number of amides is 1. The zero-order chi connectivity index (χ0) is 17.0. The zero-order valence-electron chi connectivity index (χ0n) is 13.2. The maximum absolute atomic E-state index is 12.9. The number of anilines is 1. The van der Waals surface area contributed by atoms with E-state index in [1.807, 2.05) is 13.8 Å². The van der Waals surface area contributed by atoms with Crippen LogP contribution in [0.4, 0.5) is 5.69 Å². The Hall–Kier alpha value is -0.960. The zero-order valence-corrected chi connectivity index (χ0v) is 15.6. The Balaban J connectivity index is 2.32. The molecule has 1 heterocycles. The fourth-order valence-corrected chi connectivity index (χ4v) is 4.40. The van der Waals surface area contributed by atoms with Gasteiger partial charge in [-0.2, -0.15) is 4.31 Å². The molecular formula is C15H21BrN2O4S. The molecule has 6 nitrogen and oxygen atoms in total. The van der Waals surface area contributed by atoms with Gasteiger partial charge in [-0.05, 0) is 24.1 Å². The highest BCUT2D eigenvalue weighted by Gasteiger charge is 2.29. The monoisotopic (exact) mass is 404 g/mol. The Bertz CT molecular complexity index is 670. The summed E-state index contributed by atoms with van der Waals surface area (Å²) >= 11 is 3.30. The largest absolute Gasteiger partial charge is 0.379 e. The number of nitrogens with one attached hydrogen (secondary N) is 1. The summed E-state index contributed by atoms with van der Waals surface area (Å²) in [6.45, 7) is 5.26. The molecule has 0 saturated carbocycles. The Labute approximate surface area is 145 Å². The van der Waals surface area contributed by atoms with E-state index in [1.165, 1.54) is 10.4 Å². The minimum Gasteiger partial charge on any atom is -0.379 e. The molecule has 0 spiro atoms. The van der Waals surface area contributed by atoms with Crippen LogP contribution in [0, 0.1) is 5.92 Å². The molecule has 1 aromatic carbocycles. The van der Waals surface area contributed by atoms with E-state index in [-0.39, 0.29) is 16.7 Å². The SMILES string of the molecule is CC(C)CC(=O)Nc1ccc(Br)cc1S(=O)(=O)N1CCOCC1. The summed E-state index contributed by atoms with van der Waals surface area (Å²) in [5.74, 6) is 0.00509. The van der Waals surface area contributed by atoms with Crippen molar-refractivity contribution in [3.8, 4) is 0 Å². The van der Waals surface area contributed by atoms with Crippen LogP contribution in [-0.4, -0.2) is 44.9 Å². The van der Waals surface area contributed by atoms with E-state index in [2.05, 4.69) is 21.2 Å². The van der Waals surface area contributed by atoms with Crippen LogP contribution in [0.3, 0.4) is 0 Å². The summed E-state index contributed by atoms with van der Waals surface area (Å²) in [6, 6.07) is 4.84. The number of morpholine rings is 1. The molecule has 2 rings (SSSR count). The first-order valence-electron chi connectivity index (χ1n) is 7.48. The van der Waals surface area contributed by atoms with Crippen LogP contribution in [0.1, 0.15) is 20.3 Å². The van der Waals surface area contributed by atoms with Crippen molar-refractivity contribution < 1.29 is 17.9 Å². The van der Waals surface area contributed by atoms with E-state index < -0.39 is 10.0 Å². The third kappa shape index (κ3) is 4.76. The number of rotatable bonds is 5. The number of carbonyl (C=O) groups excluding carboxylic acids is 1. The van der Waals surface area contributed by atoms with Gasteiger partial charge in [0.25, 0.3) is 0 Å². The van der Waals surface area contributed by atoms with Crippen molar-refractivity contribution in [2.45, 2.75) is 25.2 Å². The van der Waals surface area contributed by atoms with Crippen molar-refractivity contribution in [1.82, 2.24) is 4.31 Å². The standard InChI is InChI=1S/C15H21BrN2O4S/c1-11(2)9-15(19)17-13-4-3-12(16)10-14(13)23(20,21)18-5-7-22-8-6-18/h3-4,10-11H,5-9H2,1-2H3,(H,17,19). The van der Waals surface area contributed by atoms with Gasteiger partial charge in [0.1, 0.15) is 4.90 Å². The van der Waals surface area contributed by atoms with E-state index in [4.69, 9.17) is 4.74 Å². The molecule has 128 valence electrons. The number of sulfonamides is 1.